The van der Waals surface area contributed by atoms with E-state index in [0.717, 1.165) is 19.9 Å². The first-order chi connectivity index (χ1) is 8.52. The van der Waals surface area contributed by atoms with E-state index in [4.69, 9.17) is 14.8 Å². The van der Waals surface area contributed by atoms with Gasteiger partial charge in [-0.2, -0.15) is 16.8 Å². The van der Waals surface area contributed by atoms with Gasteiger partial charge in [0, 0.05) is 5.69 Å². The Bertz CT molecular complexity index is 493. The number of hydrogen-bond acceptors (Lipinski definition) is 7. The minimum absolute atomic E-state index is 0.822. The lowest BCUT2D eigenvalue weighted by Crippen LogP contribution is -1.96. The molecule has 0 bridgehead atoms. The average Bonchev–Trinajstić information content (AvgIpc) is 2.30. The molecule has 1 aromatic rings. The standard InChI is InChI=1S/C6H7N.2CH4O4S/c7-6-4-2-1-3-5-6;2*1-5-6(2,3)4/h1-5H,7H2;2*1H3,(H,2,3,4). The van der Waals surface area contributed by atoms with Crippen molar-refractivity contribution in [1.82, 2.24) is 0 Å². The van der Waals surface area contributed by atoms with Crippen molar-refractivity contribution in [1.29, 1.82) is 0 Å². The third-order valence-electron chi connectivity index (χ3n) is 1.22. The van der Waals surface area contributed by atoms with Crippen molar-refractivity contribution in [3.05, 3.63) is 30.3 Å². The summed E-state index contributed by atoms with van der Waals surface area (Å²) in [7, 11) is -6.58. The molecule has 4 N–H and O–H groups in total. The van der Waals surface area contributed by atoms with Crippen LogP contribution in [0.2, 0.25) is 0 Å². The van der Waals surface area contributed by atoms with Gasteiger partial charge in [0.1, 0.15) is 0 Å². The van der Waals surface area contributed by atoms with Crippen LogP contribution in [0.1, 0.15) is 0 Å². The molecule has 0 unspecified atom stereocenters. The molecule has 0 saturated heterocycles. The normalized spacial score (nSPS) is 10.5. The second kappa shape index (κ2) is 9.66. The summed E-state index contributed by atoms with van der Waals surface area (Å²) in [6, 6.07) is 9.49. The van der Waals surface area contributed by atoms with E-state index in [-0.39, 0.29) is 0 Å². The van der Waals surface area contributed by atoms with Crippen LogP contribution in [0.4, 0.5) is 5.69 Å². The molecule has 0 aliphatic carbocycles. The smallest absolute Gasteiger partial charge is 0.397 e. The molecule has 19 heavy (non-hydrogen) atoms. The first-order valence-corrected chi connectivity index (χ1v) is 7.11. The minimum atomic E-state index is -4.16. The van der Waals surface area contributed by atoms with E-state index in [2.05, 4.69) is 8.37 Å². The summed E-state index contributed by atoms with van der Waals surface area (Å²) in [4.78, 5) is 0. The summed E-state index contributed by atoms with van der Waals surface area (Å²) in [6.07, 6.45) is 0. The van der Waals surface area contributed by atoms with Gasteiger partial charge in [0.15, 0.2) is 0 Å². The molecule has 0 aromatic heterocycles. The van der Waals surface area contributed by atoms with Crippen LogP contribution in [0.3, 0.4) is 0 Å². The molecule has 0 aliphatic heterocycles. The molecule has 0 heterocycles. The number of nitrogens with two attached hydrogens (primary N) is 1. The zero-order valence-corrected chi connectivity index (χ0v) is 11.8. The van der Waals surface area contributed by atoms with Crippen LogP contribution < -0.4 is 5.73 Å². The van der Waals surface area contributed by atoms with Crippen molar-refractivity contribution in [3.63, 3.8) is 0 Å². The van der Waals surface area contributed by atoms with Crippen LogP contribution in [0.25, 0.3) is 0 Å². The summed E-state index contributed by atoms with van der Waals surface area (Å²) in [5.74, 6) is 0. The molecule has 11 heteroatoms. The Hall–Kier alpha value is -1.24. The SMILES string of the molecule is COS(=O)(=O)O.COS(=O)(=O)O.Nc1ccccc1. The summed E-state index contributed by atoms with van der Waals surface area (Å²) in [5.41, 5.74) is 6.18. The molecule has 0 amide bonds. The predicted molar refractivity (Wildman–Crippen MR) is 68.0 cm³/mol. The highest BCUT2D eigenvalue weighted by atomic mass is 32.3. The lowest BCUT2D eigenvalue weighted by Gasteiger charge is -1.83. The molecular weight excluding hydrogens is 302 g/mol. The number of hydrogen-bond donors (Lipinski definition) is 3. The maximum atomic E-state index is 9.33. The van der Waals surface area contributed by atoms with E-state index >= 15 is 0 Å². The van der Waals surface area contributed by atoms with E-state index in [1.807, 2.05) is 30.3 Å². The van der Waals surface area contributed by atoms with Crippen LogP contribution in [-0.4, -0.2) is 40.2 Å². The van der Waals surface area contributed by atoms with Crippen molar-refractivity contribution >= 4 is 26.5 Å². The van der Waals surface area contributed by atoms with Gasteiger partial charge < -0.3 is 5.73 Å². The summed E-state index contributed by atoms with van der Waals surface area (Å²) >= 11 is 0. The van der Waals surface area contributed by atoms with Crippen LogP contribution in [0.15, 0.2) is 30.3 Å². The van der Waals surface area contributed by atoms with Gasteiger partial charge in [-0.1, -0.05) is 18.2 Å². The van der Waals surface area contributed by atoms with Crippen LogP contribution in [0, 0.1) is 0 Å². The second-order valence-corrected chi connectivity index (χ2v) is 4.98. The van der Waals surface area contributed by atoms with Gasteiger partial charge >= 0.3 is 20.8 Å². The monoisotopic (exact) mass is 317 g/mol. The molecule has 1 rings (SSSR count). The number of benzene rings is 1. The topological polar surface area (TPSA) is 153 Å². The summed E-state index contributed by atoms with van der Waals surface area (Å²) in [6.45, 7) is 0. The van der Waals surface area contributed by atoms with Crippen LogP contribution in [-0.2, 0) is 29.2 Å². The van der Waals surface area contributed by atoms with Crippen LogP contribution >= 0.6 is 0 Å². The highest BCUT2D eigenvalue weighted by molar-refractivity contribution is 7.81. The fraction of sp³-hybridized carbons (Fsp3) is 0.250. The summed E-state index contributed by atoms with van der Waals surface area (Å²) in [5, 5.41) is 0. The molecule has 0 radical (unpaired) electrons. The molecule has 9 nitrogen and oxygen atoms in total. The Morgan fingerprint density at radius 1 is 0.895 bits per heavy atom. The zero-order chi connectivity index (χ0) is 15.5. The number of para-hydroxylation sites is 1. The van der Waals surface area contributed by atoms with E-state index in [1.54, 1.807) is 0 Å². The first-order valence-electron chi connectivity index (χ1n) is 4.38. The molecule has 0 atom stereocenters. The molecular formula is C8H15NO8S2. The van der Waals surface area contributed by atoms with E-state index in [9.17, 15) is 16.8 Å². The third-order valence-corrected chi connectivity index (χ3v) is 2.06. The number of rotatable bonds is 2. The van der Waals surface area contributed by atoms with Gasteiger partial charge in [0.25, 0.3) is 0 Å². The van der Waals surface area contributed by atoms with Crippen LogP contribution in [0.5, 0.6) is 0 Å². The van der Waals surface area contributed by atoms with Crippen molar-refractivity contribution in [2.45, 2.75) is 0 Å². The highest BCUT2D eigenvalue weighted by Gasteiger charge is 1.94. The second-order valence-electron chi connectivity index (χ2n) is 2.60. The Labute approximate surface area is 111 Å². The molecule has 1 aromatic carbocycles. The average molecular weight is 317 g/mol. The lowest BCUT2D eigenvalue weighted by molar-refractivity contribution is 0.323. The first kappa shape index (κ1) is 20.1. The van der Waals surface area contributed by atoms with Crippen molar-refractivity contribution in [3.8, 4) is 0 Å². The van der Waals surface area contributed by atoms with E-state index in [0.29, 0.717) is 0 Å². The lowest BCUT2D eigenvalue weighted by atomic mass is 10.3. The Kier molecular flexibility index (Phi) is 10.2. The molecule has 0 aliphatic rings. The molecule has 0 spiro atoms. The van der Waals surface area contributed by atoms with Gasteiger partial charge in [-0.05, 0) is 12.1 Å². The minimum Gasteiger partial charge on any atom is -0.399 e. The third kappa shape index (κ3) is 22.4. The van der Waals surface area contributed by atoms with Gasteiger partial charge in [-0.3, -0.25) is 17.5 Å². The van der Waals surface area contributed by atoms with Gasteiger partial charge in [0.05, 0.1) is 14.2 Å². The van der Waals surface area contributed by atoms with E-state index in [1.165, 1.54) is 0 Å². The fourth-order valence-electron chi connectivity index (χ4n) is 0.453. The Morgan fingerprint density at radius 2 is 1.16 bits per heavy atom. The maximum Gasteiger partial charge on any atom is 0.397 e. The van der Waals surface area contributed by atoms with Crippen molar-refractivity contribution < 1.29 is 34.3 Å². The Balaban J connectivity index is 0. The summed E-state index contributed by atoms with van der Waals surface area (Å²) < 4.78 is 59.4. The largest absolute Gasteiger partial charge is 0.399 e. The predicted octanol–water partition coefficient (Wildman–Crippen LogP) is 0.140. The van der Waals surface area contributed by atoms with Gasteiger partial charge in [0.2, 0.25) is 0 Å². The molecule has 0 saturated carbocycles. The maximum absolute atomic E-state index is 9.33. The molecule has 112 valence electrons. The zero-order valence-electron chi connectivity index (χ0n) is 10.1. The van der Waals surface area contributed by atoms with Gasteiger partial charge in [-0.25, -0.2) is 0 Å². The quantitative estimate of drug-likeness (QED) is 0.510. The molecule has 0 fully saturated rings. The van der Waals surface area contributed by atoms with E-state index < -0.39 is 20.8 Å². The van der Waals surface area contributed by atoms with Crippen molar-refractivity contribution in [2.24, 2.45) is 0 Å². The number of nitrogen functional groups attached to an aromatic ring is 1. The van der Waals surface area contributed by atoms with Gasteiger partial charge in [-0.15, -0.1) is 0 Å². The Morgan fingerprint density at radius 3 is 1.26 bits per heavy atom. The van der Waals surface area contributed by atoms with Crippen molar-refractivity contribution in [2.75, 3.05) is 20.0 Å². The fourth-order valence-corrected chi connectivity index (χ4v) is 0.453. The number of anilines is 1. The highest BCUT2D eigenvalue weighted by Crippen LogP contribution is 1.95.